The Hall–Kier alpha value is -1.26. The number of anilines is 1. The number of carbonyl (C=O) groups excluding carboxylic acids is 1. The van der Waals surface area contributed by atoms with Gasteiger partial charge < -0.3 is 15.3 Å². The van der Waals surface area contributed by atoms with Crippen molar-refractivity contribution in [1.82, 2.24) is 5.32 Å². The lowest BCUT2D eigenvalue weighted by Gasteiger charge is -2.22. The average molecular weight is 269 g/mol. The van der Waals surface area contributed by atoms with E-state index >= 15 is 0 Å². The van der Waals surface area contributed by atoms with Crippen LogP contribution in [0.4, 0.5) is 5.69 Å². The molecule has 1 amide bonds. The first-order valence-electron chi connectivity index (χ1n) is 6.01. The van der Waals surface area contributed by atoms with Gasteiger partial charge in [0, 0.05) is 42.3 Å². The molecular formula is C13H17ClN2O2. The summed E-state index contributed by atoms with van der Waals surface area (Å²) < 4.78 is 0. The van der Waals surface area contributed by atoms with Crippen molar-refractivity contribution in [3.05, 3.63) is 28.8 Å². The minimum atomic E-state index is -0.00615. The van der Waals surface area contributed by atoms with Gasteiger partial charge in [-0.05, 0) is 18.6 Å². The quantitative estimate of drug-likeness (QED) is 0.875. The van der Waals surface area contributed by atoms with Crippen LogP contribution in [-0.4, -0.2) is 30.1 Å². The molecule has 2 rings (SSSR count). The van der Waals surface area contributed by atoms with Crippen molar-refractivity contribution in [1.29, 1.82) is 0 Å². The molecule has 0 spiro atoms. The maximum atomic E-state index is 11.0. The summed E-state index contributed by atoms with van der Waals surface area (Å²) in [5.41, 5.74) is 1.82. The summed E-state index contributed by atoms with van der Waals surface area (Å²) in [6.45, 7) is 3.14. The Labute approximate surface area is 112 Å². The van der Waals surface area contributed by atoms with Gasteiger partial charge in [-0.25, -0.2) is 0 Å². The zero-order chi connectivity index (χ0) is 13.1. The Bertz CT molecular complexity index is 451. The molecule has 4 nitrogen and oxygen atoms in total. The van der Waals surface area contributed by atoms with E-state index in [9.17, 15) is 9.90 Å². The maximum Gasteiger partial charge on any atom is 0.217 e. The highest BCUT2D eigenvalue weighted by Gasteiger charge is 2.24. The molecule has 0 bridgehead atoms. The lowest BCUT2D eigenvalue weighted by molar-refractivity contribution is -0.119. The molecule has 0 aliphatic carbocycles. The number of halogens is 1. The fraction of sp³-hybridized carbons (Fsp3) is 0.462. The molecule has 98 valence electrons. The Morgan fingerprint density at radius 3 is 3.06 bits per heavy atom. The number of benzene rings is 1. The number of rotatable bonds is 3. The number of hydrogen-bond acceptors (Lipinski definition) is 3. The second kappa shape index (κ2) is 5.59. The molecule has 1 saturated heterocycles. The van der Waals surface area contributed by atoms with Crippen LogP contribution < -0.4 is 10.2 Å². The summed E-state index contributed by atoms with van der Waals surface area (Å²) in [6.07, 6.45) is 0.914. The summed E-state index contributed by atoms with van der Waals surface area (Å²) in [5.74, 6) is -0.00433. The van der Waals surface area contributed by atoms with E-state index in [4.69, 9.17) is 11.6 Å². The van der Waals surface area contributed by atoms with E-state index in [2.05, 4.69) is 10.2 Å². The highest BCUT2D eigenvalue weighted by Crippen LogP contribution is 2.28. The first-order valence-corrected chi connectivity index (χ1v) is 6.39. The van der Waals surface area contributed by atoms with E-state index in [1.54, 1.807) is 6.07 Å². The maximum absolute atomic E-state index is 11.0. The lowest BCUT2D eigenvalue weighted by atomic mass is 10.1. The Kier molecular flexibility index (Phi) is 4.09. The van der Waals surface area contributed by atoms with E-state index in [0.717, 1.165) is 30.8 Å². The lowest BCUT2D eigenvalue weighted by Crippen LogP contribution is -2.35. The third-order valence-corrected chi connectivity index (χ3v) is 3.39. The van der Waals surface area contributed by atoms with Crippen LogP contribution >= 0.6 is 11.6 Å². The van der Waals surface area contributed by atoms with Gasteiger partial charge in [-0.2, -0.15) is 0 Å². The van der Waals surface area contributed by atoms with E-state index in [1.165, 1.54) is 6.92 Å². The molecule has 0 aromatic heterocycles. The Morgan fingerprint density at radius 2 is 2.39 bits per heavy atom. The number of carbonyl (C=O) groups is 1. The summed E-state index contributed by atoms with van der Waals surface area (Å²) >= 11 is 5.99. The third-order valence-electron chi connectivity index (χ3n) is 3.15. The molecule has 1 heterocycles. The van der Waals surface area contributed by atoms with E-state index < -0.39 is 0 Å². The van der Waals surface area contributed by atoms with Crippen molar-refractivity contribution < 1.29 is 9.90 Å². The van der Waals surface area contributed by atoms with Gasteiger partial charge in [-0.1, -0.05) is 17.7 Å². The van der Waals surface area contributed by atoms with Crippen LogP contribution in [0.25, 0.3) is 0 Å². The Balaban J connectivity index is 2.13. The van der Waals surface area contributed by atoms with Crippen molar-refractivity contribution in [2.24, 2.45) is 0 Å². The molecule has 1 unspecified atom stereocenters. The minimum absolute atomic E-state index is 0.00433. The predicted octanol–water partition coefficient (Wildman–Crippen LogP) is 1.55. The molecule has 1 aromatic rings. The summed E-state index contributed by atoms with van der Waals surface area (Å²) in [4.78, 5) is 13.2. The number of nitrogens with one attached hydrogen (secondary N) is 1. The Morgan fingerprint density at radius 1 is 1.61 bits per heavy atom. The van der Waals surface area contributed by atoms with Gasteiger partial charge in [0.25, 0.3) is 0 Å². The molecule has 0 saturated carbocycles. The zero-order valence-corrected chi connectivity index (χ0v) is 11.1. The van der Waals surface area contributed by atoms with Crippen molar-refractivity contribution >= 4 is 23.2 Å². The second-order valence-electron chi connectivity index (χ2n) is 4.56. The van der Waals surface area contributed by atoms with Gasteiger partial charge in [0.2, 0.25) is 5.91 Å². The minimum Gasteiger partial charge on any atom is -0.392 e. The molecule has 18 heavy (non-hydrogen) atoms. The third kappa shape index (κ3) is 2.94. The summed E-state index contributed by atoms with van der Waals surface area (Å²) in [5, 5.41) is 12.9. The molecule has 2 N–H and O–H groups in total. The van der Waals surface area contributed by atoms with Crippen LogP contribution in [-0.2, 0) is 11.4 Å². The summed E-state index contributed by atoms with van der Waals surface area (Å²) in [7, 11) is 0. The van der Waals surface area contributed by atoms with Crippen LogP contribution in [0.1, 0.15) is 18.9 Å². The SMILES string of the molecule is CC(=O)NC1CCN(c2cc(Cl)ccc2CO)C1. The van der Waals surface area contributed by atoms with Crippen molar-refractivity contribution in [2.75, 3.05) is 18.0 Å². The van der Waals surface area contributed by atoms with Gasteiger partial charge >= 0.3 is 0 Å². The first kappa shape index (κ1) is 13.2. The fourth-order valence-electron chi connectivity index (χ4n) is 2.35. The highest BCUT2D eigenvalue weighted by molar-refractivity contribution is 6.30. The van der Waals surface area contributed by atoms with Gasteiger partial charge in [0.15, 0.2) is 0 Å². The van der Waals surface area contributed by atoms with Crippen LogP contribution in [0.3, 0.4) is 0 Å². The van der Waals surface area contributed by atoms with E-state index in [1.807, 2.05) is 12.1 Å². The zero-order valence-electron chi connectivity index (χ0n) is 10.3. The van der Waals surface area contributed by atoms with Crippen molar-refractivity contribution in [3.63, 3.8) is 0 Å². The number of nitrogens with zero attached hydrogens (tertiary/aromatic N) is 1. The molecule has 5 heteroatoms. The standard InChI is InChI=1S/C13H17ClN2O2/c1-9(18)15-12-4-5-16(7-12)13-6-11(14)3-2-10(13)8-17/h2-3,6,12,17H,4-5,7-8H2,1H3,(H,15,18). The van der Waals surface area contributed by atoms with Crippen LogP contribution in [0.2, 0.25) is 5.02 Å². The summed E-state index contributed by atoms with van der Waals surface area (Å²) in [6, 6.07) is 5.65. The van der Waals surface area contributed by atoms with Gasteiger partial charge in [0.1, 0.15) is 0 Å². The van der Waals surface area contributed by atoms with Gasteiger partial charge in [0.05, 0.1) is 6.61 Å². The second-order valence-corrected chi connectivity index (χ2v) is 5.00. The molecule has 1 aliphatic rings. The van der Waals surface area contributed by atoms with E-state index in [0.29, 0.717) is 5.02 Å². The van der Waals surface area contributed by atoms with Crippen LogP contribution in [0.15, 0.2) is 18.2 Å². The topological polar surface area (TPSA) is 52.6 Å². The monoisotopic (exact) mass is 268 g/mol. The molecule has 1 aromatic carbocycles. The average Bonchev–Trinajstić information content (AvgIpc) is 2.76. The molecule has 1 fully saturated rings. The van der Waals surface area contributed by atoms with Crippen LogP contribution in [0, 0.1) is 0 Å². The molecule has 1 atom stereocenters. The predicted molar refractivity (Wildman–Crippen MR) is 71.8 cm³/mol. The number of aliphatic hydroxyl groups is 1. The molecule has 1 aliphatic heterocycles. The number of hydrogen-bond donors (Lipinski definition) is 2. The first-order chi connectivity index (χ1) is 8.60. The van der Waals surface area contributed by atoms with Gasteiger partial charge in [-0.15, -0.1) is 0 Å². The normalized spacial score (nSPS) is 19.1. The molecule has 0 radical (unpaired) electrons. The fourth-order valence-corrected chi connectivity index (χ4v) is 2.52. The van der Waals surface area contributed by atoms with Crippen molar-refractivity contribution in [3.8, 4) is 0 Å². The number of amides is 1. The van der Waals surface area contributed by atoms with Crippen molar-refractivity contribution in [2.45, 2.75) is 26.0 Å². The largest absolute Gasteiger partial charge is 0.392 e. The number of aliphatic hydroxyl groups excluding tert-OH is 1. The molecular weight excluding hydrogens is 252 g/mol. The van der Waals surface area contributed by atoms with E-state index in [-0.39, 0.29) is 18.6 Å². The highest BCUT2D eigenvalue weighted by atomic mass is 35.5. The smallest absolute Gasteiger partial charge is 0.217 e. The van der Waals surface area contributed by atoms with Gasteiger partial charge in [-0.3, -0.25) is 4.79 Å². The van der Waals surface area contributed by atoms with Crippen LogP contribution in [0.5, 0.6) is 0 Å².